The van der Waals surface area contributed by atoms with Crippen LogP contribution in [-0.2, 0) is 9.84 Å². The van der Waals surface area contributed by atoms with Crippen LogP contribution in [0.15, 0.2) is 56.7 Å². The molecule has 3 rings (SSSR count). The number of benzene rings is 2. The van der Waals surface area contributed by atoms with Crippen LogP contribution in [0.25, 0.3) is 0 Å². The molecule has 1 aliphatic heterocycles. The number of rotatable bonds is 0. The van der Waals surface area contributed by atoms with Crippen molar-refractivity contribution in [1.29, 1.82) is 0 Å². The van der Waals surface area contributed by atoms with Crippen molar-refractivity contribution in [2.45, 2.75) is 9.79 Å². The molecule has 1 heterocycles. The molecule has 2 aromatic rings. The zero-order valence-electron chi connectivity index (χ0n) is 8.55. The van der Waals surface area contributed by atoms with Crippen molar-refractivity contribution < 1.29 is 13.2 Å². The Morgan fingerprint density at radius 2 is 1.65 bits per heavy atom. The maximum atomic E-state index is 12.3. The lowest BCUT2D eigenvalue weighted by Crippen LogP contribution is -2.10. The normalized spacial score (nSPS) is 15.6. The van der Waals surface area contributed by atoms with Gasteiger partial charge in [-0.25, -0.2) is 8.42 Å². The topological polar surface area (TPSA) is 43.4 Å². The lowest BCUT2D eigenvalue weighted by molar-refractivity contribution is 0.443. The average Bonchev–Trinajstić information content (AvgIpc) is 2.31. The summed E-state index contributed by atoms with van der Waals surface area (Å²) in [6.07, 6.45) is 0. The van der Waals surface area contributed by atoms with Gasteiger partial charge in [-0.1, -0.05) is 28.1 Å². The largest absolute Gasteiger partial charge is 0.455 e. The van der Waals surface area contributed by atoms with Crippen molar-refractivity contribution in [3.63, 3.8) is 0 Å². The van der Waals surface area contributed by atoms with Crippen LogP contribution in [-0.4, -0.2) is 8.42 Å². The number of para-hydroxylation sites is 1. The number of fused-ring (bicyclic) bond motifs is 2. The van der Waals surface area contributed by atoms with Crippen LogP contribution < -0.4 is 4.74 Å². The second-order valence-electron chi connectivity index (χ2n) is 3.64. The van der Waals surface area contributed by atoms with E-state index < -0.39 is 9.84 Å². The van der Waals surface area contributed by atoms with E-state index in [9.17, 15) is 8.42 Å². The van der Waals surface area contributed by atoms with E-state index in [1.807, 2.05) is 0 Å². The van der Waals surface area contributed by atoms with E-state index in [1.54, 1.807) is 42.5 Å². The van der Waals surface area contributed by atoms with E-state index in [4.69, 9.17) is 4.74 Å². The second-order valence-corrected chi connectivity index (χ2v) is 6.45. The zero-order chi connectivity index (χ0) is 12.0. The van der Waals surface area contributed by atoms with Crippen molar-refractivity contribution in [1.82, 2.24) is 0 Å². The quantitative estimate of drug-likeness (QED) is 0.639. The minimum atomic E-state index is -3.48. The van der Waals surface area contributed by atoms with Gasteiger partial charge >= 0.3 is 0 Å². The molecule has 0 saturated heterocycles. The number of hydrogen-bond donors (Lipinski definition) is 0. The Morgan fingerprint density at radius 1 is 0.941 bits per heavy atom. The minimum Gasteiger partial charge on any atom is -0.455 e. The number of ether oxygens (including phenoxy) is 1. The molecule has 5 heteroatoms. The monoisotopic (exact) mass is 310 g/mol. The lowest BCUT2D eigenvalue weighted by Gasteiger charge is -2.20. The molecule has 3 nitrogen and oxygen atoms in total. The Bertz CT molecular complexity index is 707. The van der Waals surface area contributed by atoms with E-state index in [2.05, 4.69) is 15.9 Å². The SMILES string of the molecule is O=S1(=O)c2ccccc2Oc2ccc(Br)cc21. The summed E-state index contributed by atoms with van der Waals surface area (Å²) in [7, 11) is -3.48. The Kier molecular flexibility index (Phi) is 2.27. The van der Waals surface area contributed by atoms with Gasteiger partial charge in [0.25, 0.3) is 0 Å². The molecule has 0 bridgehead atoms. The van der Waals surface area contributed by atoms with Crippen molar-refractivity contribution in [2.24, 2.45) is 0 Å². The van der Waals surface area contributed by atoms with Gasteiger partial charge in [0.2, 0.25) is 9.84 Å². The van der Waals surface area contributed by atoms with E-state index in [0.29, 0.717) is 16.0 Å². The predicted molar refractivity (Wildman–Crippen MR) is 66.1 cm³/mol. The molecule has 17 heavy (non-hydrogen) atoms. The first-order valence-corrected chi connectivity index (χ1v) is 7.18. The van der Waals surface area contributed by atoms with Gasteiger partial charge in [0.05, 0.1) is 0 Å². The van der Waals surface area contributed by atoms with Crippen LogP contribution in [0, 0.1) is 0 Å². The Morgan fingerprint density at radius 3 is 2.47 bits per heavy atom. The van der Waals surface area contributed by atoms with Crippen LogP contribution in [0.1, 0.15) is 0 Å². The molecule has 0 radical (unpaired) electrons. The van der Waals surface area contributed by atoms with Crippen LogP contribution in [0.5, 0.6) is 11.5 Å². The molecule has 0 spiro atoms. The average molecular weight is 311 g/mol. The smallest absolute Gasteiger partial charge is 0.213 e. The summed E-state index contributed by atoms with van der Waals surface area (Å²) in [5, 5.41) is 0. The van der Waals surface area contributed by atoms with Crippen molar-refractivity contribution in [3.8, 4) is 11.5 Å². The summed E-state index contributed by atoms with van der Waals surface area (Å²) in [6.45, 7) is 0. The summed E-state index contributed by atoms with van der Waals surface area (Å²) >= 11 is 3.26. The third-order valence-electron chi connectivity index (χ3n) is 2.55. The molecule has 0 aromatic heterocycles. The number of sulfone groups is 1. The summed E-state index contributed by atoms with van der Waals surface area (Å²) in [6, 6.07) is 11.6. The maximum Gasteiger partial charge on any atom is 0.213 e. The molecule has 2 aromatic carbocycles. The van der Waals surface area contributed by atoms with Gasteiger partial charge in [-0.15, -0.1) is 0 Å². The Balaban J connectivity index is 2.36. The van der Waals surface area contributed by atoms with E-state index >= 15 is 0 Å². The van der Waals surface area contributed by atoms with Gasteiger partial charge in [0, 0.05) is 4.47 Å². The third-order valence-corrected chi connectivity index (χ3v) is 4.86. The van der Waals surface area contributed by atoms with Gasteiger partial charge in [-0.2, -0.15) is 0 Å². The van der Waals surface area contributed by atoms with Gasteiger partial charge in [0.15, 0.2) is 0 Å². The summed E-state index contributed by atoms with van der Waals surface area (Å²) < 4.78 is 31.0. The minimum absolute atomic E-state index is 0.200. The highest BCUT2D eigenvalue weighted by Crippen LogP contribution is 2.42. The molecule has 86 valence electrons. The first-order valence-electron chi connectivity index (χ1n) is 4.90. The second kappa shape index (κ2) is 3.58. The highest BCUT2D eigenvalue weighted by molar-refractivity contribution is 9.10. The van der Waals surface area contributed by atoms with E-state index in [0.717, 1.165) is 0 Å². The molecule has 0 unspecified atom stereocenters. The summed E-state index contributed by atoms with van der Waals surface area (Å²) in [4.78, 5) is 0.413. The fourth-order valence-corrected chi connectivity index (χ4v) is 3.81. The van der Waals surface area contributed by atoms with Crippen LogP contribution in [0.2, 0.25) is 0 Å². The number of hydrogen-bond acceptors (Lipinski definition) is 3. The first kappa shape index (κ1) is 10.8. The third kappa shape index (κ3) is 1.57. The molecular weight excluding hydrogens is 304 g/mol. The van der Waals surface area contributed by atoms with Gasteiger partial charge in [-0.3, -0.25) is 0 Å². The highest BCUT2D eigenvalue weighted by atomic mass is 79.9. The summed E-state index contributed by atoms with van der Waals surface area (Å²) in [5.41, 5.74) is 0. The van der Waals surface area contributed by atoms with Crippen LogP contribution >= 0.6 is 15.9 Å². The number of halogens is 1. The van der Waals surface area contributed by atoms with E-state index in [-0.39, 0.29) is 9.79 Å². The van der Waals surface area contributed by atoms with Crippen molar-refractivity contribution in [3.05, 3.63) is 46.9 Å². The fraction of sp³-hybridized carbons (Fsp3) is 0. The van der Waals surface area contributed by atoms with Crippen LogP contribution in [0.4, 0.5) is 0 Å². The molecule has 0 N–H and O–H groups in total. The maximum absolute atomic E-state index is 12.3. The first-order chi connectivity index (χ1) is 8.09. The predicted octanol–water partition coefficient (Wildman–Crippen LogP) is 3.39. The fourth-order valence-electron chi connectivity index (χ4n) is 1.77. The Hall–Kier alpha value is -1.33. The zero-order valence-corrected chi connectivity index (χ0v) is 11.0. The molecule has 0 atom stereocenters. The Labute approximate surface area is 107 Å². The molecule has 0 aliphatic carbocycles. The molecule has 0 saturated carbocycles. The van der Waals surface area contributed by atoms with Crippen LogP contribution in [0.3, 0.4) is 0 Å². The molecule has 0 fully saturated rings. The van der Waals surface area contributed by atoms with Gasteiger partial charge in [0.1, 0.15) is 21.3 Å². The lowest BCUT2D eigenvalue weighted by atomic mass is 10.3. The van der Waals surface area contributed by atoms with Crippen molar-refractivity contribution in [2.75, 3.05) is 0 Å². The standard InChI is InChI=1S/C12H7BrO3S/c13-8-5-6-10-12(7-8)17(14,15)11-4-2-1-3-9(11)16-10/h1-7H. The van der Waals surface area contributed by atoms with Crippen molar-refractivity contribution >= 4 is 25.8 Å². The molecule has 1 aliphatic rings. The molecular formula is C12H7BrO3S. The van der Waals surface area contributed by atoms with E-state index in [1.165, 1.54) is 0 Å². The summed E-state index contributed by atoms with van der Waals surface area (Å²) in [5.74, 6) is 0.745. The van der Waals surface area contributed by atoms with Gasteiger partial charge in [-0.05, 0) is 30.3 Å². The molecule has 0 amide bonds. The highest BCUT2D eigenvalue weighted by Gasteiger charge is 2.30. The van der Waals surface area contributed by atoms with Gasteiger partial charge < -0.3 is 4.74 Å².